The minimum absolute atomic E-state index is 0.0311. The number of aliphatic hydroxyl groups is 1. The molecule has 292 valence electrons. The van der Waals surface area contributed by atoms with E-state index in [1.54, 1.807) is 5.48 Å². The Morgan fingerprint density at radius 3 is 2.09 bits per heavy atom. The maximum atomic E-state index is 12.4. The number of carbonyl (C=O) groups is 2. The first-order chi connectivity index (χ1) is 27.9. The normalized spacial score (nSPS) is 16.6. The van der Waals surface area contributed by atoms with Crippen molar-refractivity contribution in [3.63, 3.8) is 0 Å². The fourth-order valence-electron chi connectivity index (χ4n) is 6.77. The number of nitrogens with zero attached hydrogens (tertiary/aromatic N) is 1. The van der Waals surface area contributed by atoms with Gasteiger partial charge >= 0.3 is 0 Å². The van der Waals surface area contributed by atoms with E-state index >= 15 is 0 Å². The summed E-state index contributed by atoms with van der Waals surface area (Å²) in [6.07, 6.45) is 1.05. The van der Waals surface area contributed by atoms with Gasteiger partial charge < -0.3 is 24.3 Å². The first-order valence-electron chi connectivity index (χ1n) is 19.1. The van der Waals surface area contributed by atoms with Gasteiger partial charge in [0.25, 0.3) is 5.22 Å². The van der Waals surface area contributed by atoms with Gasteiger partial charge in [0.15, 0.2) is 12.1 Å². The van der Waals surface area contributed by atoms with Crippen molar-refractivity contribution >= 4 is 23.6 Å². The highest BCUT2D eigenvalue weighted by Gasteiger charge is 2.33. The molecule has 0 bridgehead atoms. The summed E-state index contributed by atoms with van der Waals surface area (Å²) >= 11 is 1.52. The molecular formula is C46H45N3O7S. The van der Waals surface area contributed by atoms with Crippen molar-refractivity contribution in [3.8, 4) is 33.7 Å². The van der Waals surface area contributed by atoms with Crippen LogP contribution in [0.25, 0.3) is 33.7 Å². The number of carbonyl (C=O) groups excluding carboxylic acids is 2. The molecule has 57 heavy (non-hydrogen) atoms. The number of hydrogen-bond acceptors (Lipinski definition) is 9. The third-order valence-electron chi connectivity index (χ3n) is 9.79. The van der Waals surface area contributed by atoms with Crippen LogP contribution in [-0.2, 0) is 32.2 Å². The van der Waals surface area contributed by atoms with Crippen LogP contribution in [0, 0.1) is 0 Å². The van der Waals surface area contributed by atoms with Gasteiger partial charge in [-0.15, -0.1) is 0 Å². The van der Waals surface area contributed by atoms with Crippen molar-refractivity contribution in [1.82, 2.24) is 15.8 Å². The summed E-state index contributed by atoms with van der Waals surface area (Å²) < 4.78 is 19.8. The van der Waals surface area contributed by atoms with E-state index in [4.69, 9.17) is 24.1 Å². The van der Waals surface area contributed by atoms with Crippen LogP contribution in [0.15, 0.2) is 143 Å². The zero-order chi connectivity index (χ0) is 39.4. The number of hydroxylamine groups is 1. The van der Waals surface area contributed by atoms with Crippen molar-refractivity contribution < 1.29 is 33.8 Å². The number of benzene rings is 5. The highest BCUT2D eigenvalue weighted by atomic mass is 32.2. The Morgan fingerprint density at radius 1 is 0.702 bits per heavy atom. The number of rotatable bonds is 16. The lowest BCUT2D eigenvalue weighted by Crippen LogP contribution is -2.31. The van der Waals surface area contributed by atoms with E-state index in [1.807, 2.05) is 121 Å². The Labute approximate surface area is 336 Å². The summed E-state index contributed by atoms with van der Waals surface area (Å²) in [6.45, 7) is 0.343. The second kappa shape index (κ2) is 19.5. The maximum absolute atomic E-state index is 12.4. The lowest BCUT2D eigenvalue weighted by atomic mass is 9.99. The number of aliphatic hydroxyl groups excluding tert-OH is 1. The third kappa shape index (κ3) is 10.6. The Bertz CT molecular complexity index is 2170. The largest absolute Gasteiger partial charge is 0.431 e. The fourth-order valence-corrected chi connectivity index (χ4v) is 7.61. The summed E-state index contributed by atoms with van der Waals surface area (Å²) in [7, 11) is 0. The molecule has 1 aliphatic heterocycles. The molecule has 2 heterocycles. The highest BCUT2D eigenvalue weighted by molar-refractivity contribution is 7.99. The van der Waals surface area contributed by atoms with E-state index in [-0.39, 0.29) is 31.1 Å². The van der Waals surface area contributed by atoms with Crippen LogP contribution >= 0.6 is 11.8 Å². The summed E-state index contributed by atoms with van der Waals surface area (Å²) in [4.78, 5) is 28.6. The molecule has 3 unspecified atom stereocenters. The van der Waals surface area contributed by atoms with E-state index in [2.05, 4.69) is 17.4 Å². The first kappa shape index (κ1) is 39.7. The highest BCUT2D eigenvalue weighted by Crippen LogP contribution is 2.41. The van der Waals surface area contributed by atoms with Crippen LogP contribution in [0.3, 0.4) is 0 Å². The number of aromatic nitrogens is 1. The van der Waals surface area contributed by atoms with E-state index in [0.29, 0.717) is 43.2 Å². The Hall–Kier alpha value is -5.56. The average molecular weight is 784 g/mol. The first-order valence-corrected chi connectivity index (χ1v) is 20.1. The molecule has 3 atom stereocenters. The smallest absolute Gasteiger partial charge is 0.256 e. The molecular weight excluding hydrogens is 739 g/mol. The minimum atomic E-state index is -0.651. The van der Waals surface area contributed by atoms with Gasteiger partial charge in [-0.1, -0.05) is 133 Å². The zero-order valence-electron chi connectivity index (χ0n) is 31.4. The molecule has 2 amide bonds. The van der Waals surface area contributed by atoms with Gasteiger partial charge in [-0.2, -0.15) is 0 Å². The molecule has 1 fully saturated rings. The summed E-state index contributed by atoms with van der Waals surface area (Å²) in [5.41, 5.74) is 9.99. The Balaban J connectivity index is 1.07. The lowest BCUT2D eigenvalue weighted by molar-refractivity contribution is -0.245. The molecule has 0 aliphatic carbocycles. The minimum Gasteiger partial charge on any atom is -0.431 e. The van der Waals surface area contributed by atoms with E-state index in [9.17, 15) is 14.7 Å². The van der Waals surface area contributed by atoms with Crippen LogP contribution in [0.2, 0.25) is 0 Å². The number of hydrogen-bond donors (Lipinski definition) is 4. The molecule has 5 aromatic carbocycles. The summed E-state index contributed by atoms with van der Waals surface area (Å²) in [5.74, 6) is 0.757. The van der Waals surface area contributed by atoms with E-state index in [0.717, 1.165) is 56.0 Å². The molecule has 7 rings (SSSR count). The van der Waals surface area contributed by atoms with Crippen LogP contribution in [0.5, 0.6) is 0 Å². The van der Waals surface area contributed by atoms with Crippen LogP contribution < -0.4 is 10.8 Å². The predicted octanol–water partition coefficient (Wildman–Crippen LogP) is 9.19. The van der Waals surface area contributed by atoms with Crippen molar-refractivity contribution in [1.29, 1.82) is 0 Å². The predicted molar refractivity (Wildman–Crippen MR) is 219 cm³/mol. The number of thioether (sulfide) groups is 1. The number of nitrogens with one attached hydrogen (secondary N) is 2. The molecule has 0 spiro atoms. The summed E-state index contributed by atoms with van der Waals surface area (Å²) in [5, 5.41) is 21.8. The maximum Gasteiger partial charge on any atom is 0.256 e. The van der Waals surface area contributed by atoms with Crippen molar-refractivity contribution in [2.75, 3.05) is 5.75 Å². The van der Waals surface area contributed by atoms with Crippen LogP contribution in [-0.4, -0.2) is 39.0 Å². The topological polar surface area (TPSA) is 143 Å². The zero-order valence-corrected chi connectivity index (χ0v) is 32.2. The number of unbranched alkanes of at least 4 members (excludes halogenated alkanes) is 1. The molecule has 6 aromatic rings. The second-order valence-corrected chi connectivity index (χ2v) is 14.9. The molecule has 11 heteroatoms. The van der Waals surface area contributed by atoms with Gasteiger partial charge in [0.2, 0.25) is 11.8 Å². The van der Waals surface area contributed by atoms with Gasteiger partial charge in [-0.3, -0.25) is 14.8 Å². The standard InChI is InChI=1S/C46H45N3O7S/c50-29-31-21-23-33(24-22-31)40-27-39(30-57-46-48-43(34-12-3-1-4-13-34)44(56-46)35-14-5-2-6-15-35)54-45(55-40)38-18-10-17-37(26-38)36-16-9-11-32(25-36)28-47-41(51)19-7-8-20-42(52)49-53/h1-6,9-18,21-26,39-40,45,50,53H,7-8,19-20,27-30H2,(H,47,51)(H,49,52). The summed E-state index contributed by atoms with van der Waals surface area (Å²) in [6, 6.07) is 44.1. The van der Waals surface area contributed by atoms with Crippen molar-refractivity contribution in [2.24, 2.45) is 0 Å². The fraction of sp³-hybridized carbons (Fsp3) is 0.239. The van der Waals surface area contributed by atoms with Crippen LogP contribution in [0.1, 0.15) is 66.8 Å². The quantitative estimate of drug-likeness (QED) is 0.0327. The van der Waals surface area contributed by atoms with Gasteiger partial charge in [-0.25, -0.2) is 10.5 Å². The molecule has 4 N–H and O–H groups in total. The molecule has 0 saturated carbocycles. The van der Waals surface area contributed by atoms with Gasteiger partial charge in [0, 0.05) is 48.3 Å². The van der Waals surface area contributed by atoms with Gasteiger partial charge in [0.1, 0.15) is 5.69 Å². The van der Waals surface area contributed by atoms with Crippen LogP contribution in [0.4, 0.5) is 0 Å². The molecule has 1 aliphatic rings. The van der Waals surface area contributed by atoms with Crippen molar-refractivity contribution in [2.45, 2.75) is 69.0 Å². The monoisotopic (exact) mass is 783 g/mol. The SMILES string of the molecule is O=C(CCCCC(=O)NCc1cccc(-c2cccc(C3OC(CSc4nc(-c5ccccc5)c(-c5ccccc5)o4)CC(c4ccc(CO)cc4)O3)c2)c1)NO. The van der Waals surface area contributed by atoms with Crippen molar-refractivity contribution in [3.05, 3.63) is 156 Å². The molecule has 0 radical (unpaired) electrons. The molecule has 1 aromatic heterocycles. The van der Waals surface area contributed by atoms with E-state index in [1.165, 1.54) is 11.8 Å². The molecule has 1 saturated heterocycles. The Morgan fingerprint density at radius 2 is 1.37 bits per heavy atom. The van der Waals surface area contributed by atoms with E-state index < -0.39 is 12.2 Å². The number of amides is 2. The number of ether oxygens (including phenoxy) is 2. The Kier molecular flexibility index (Phi) is 13.6. The van der Waals surface area contributed by atoms with Gasteiger partial charge in [0.05, 0.1) is 18.8 Å². The van der Waals surface area contributed by atoms with Gasteiger partial charge in [-0.05, 0) is 52.8 Å². The third-order valence-corrected chi connectivity index (χ3v) is 10.7. The number of oxazole rings is 1. The molecule has 10 nitrogen and oxygen atoms in total. The average Bonchev–Trinajstić information content (AvgIpc) is 3.71. The second-order valence-electron chi connectivity index (χ2n) is 13.9. The lowest BCUT2D eigenvalue weighted by Gasteiger charge is -2.36.